The fourth-order valence-electron chi connectivity index (χ4n) is 1.14. The second-order valence-corrected chi connectivity index (χ2v) is 3.65. The van der Waals surface area contributed by atoms with Crippen LogP contribution in [0.25, 0.3) is 0 Å². The molecule has 0 fully saturated rings. The average Bonchev–Trinajstić information content (AvgIpc) is 2.14. The second-order valence-electron chi connectivity index (χ2n) is 2.86. The zero-order valence-electron chi connectivity index (χ0n) is 7.88. The number of halogens is 1. The minimum Gasteiger partial charge on any atom is -0.298 e. The Morgan fingerprint density at radius 1 is 1.54 bits per heavy atom. The highest BCUT2D eigenvalue weighted by atomic mass is 79.9. The summed E-state index contributed by atoms with van der Waals surface area (Å²) in [4.78, 5) is 15.8. The van der Waals surface area contributed by atoms with Gasteiger partial charge in [-0.3, -0.25) is 9.36 Å². The molecule has 0 saturated heterocycles. The molecule has 0 saturated carbocycles. The van der Waals surface area contributed by atoms with Crippen molar-refractivity contribution in [1.29, 1.82) is 0 Å². The van der Waals surface area contributed by atoms with Crippen molar-refractivity contribution in [2.75, 3.05) is 0 Å². The lowest BCUT2D eigenvalue weighted by molar-refractivity contribution is 0.632. The van der Waals surface area contributed by atoms with Crippen molar-refractivity contribution in [1.82, 2.24) is 9.55 Å². The number of hydrogen-bond acceptors (Lipinski definition) is 2. The van der Waals surface area contributed by atoms with Crippen LogP contribution < -0.4 is 5.56 Å². The molecule has 0 radical (unpaired) electrons. The molecule has 0 aliphatic heterocycles. The Morgan fingerprint density at radius 3 is 2.77 bits per heavy atom. The third kappa shape index (κ3) is 2.18. The predicted octanol–water partition coefficient (Wildman–Crippen LogP) is 1.98. The summed E-state index contributed by atoms with van der Waals surface area (Å²) < 4.78 is 2.23. The molecule has 1 aromatic rings. The minimum absolute atomic E-state index is 0.0219. The maximum absolute atomic E-state index is 11.6. The van der Waals surface area contributed by atoms with Crippen molar-refractivity contribution in [3.63, 3.8) is 0 Å². The van der Waals surface area contributed by atoms with Gasteiger partial charge in [0.15, 0.2) is 0 Å². The largest absolute Gasteiger partial charge is 0.298 e. The van der Waals surface area contributed by atoms with E-state index in [-0.39, 0.29) is 5.56 Å². The van der Waals surface area contributed by atoms with Crippen LogP contribution in [0.4, 0.5) is 0 Å². The molecule has 1 aromatic heterocycles. The molecule has 0 bridgehead atoms. The summed E-state index contributed by atoms with van der Waals surface area (Å²) in [5, 5.41) is 0. The molecule has 0 amide bonds. The van der Waals surface area contributed by atoms with Gasteiger partial charge in [0.25, 0.3) is 5.56 Å². The number of aryl methyl sites for hydroxylation is 2. The summed E-state index contributed by atoms with van der Waals surface area (Å²) in [6.07, 6.45) is 3.34. The fraction of sp³-hybridized carbons (Fsp3) is 0.556. The van der Waals surface area contributed by atoms with Gasteiger partial charge >= 0.3 is 0 Å². The van der Waals surface area contributed by atoms with Gasteiger partial charge in [0.1, 0.15) is 4.47 Å². The molecule has 3 nitrogen and oxygen atoms in total. The summed E-state index contributed by atoms with van der Waals surface area (Å²) in [7, 11) is 0. The smallest absolute Gasteiger partial charge is 0.267 e. The molecular weight excluding hydrogens is 232 g/mol. The molecule has 4 heteroatoms. The van der Waals surface area contributed by atoms with E-state index in [2.05, 4.69) is 20.9 Å². The Morgan fingerprint density at radius 2 is 2.23 bits per heavy atom. The molecule has 0 atom stereocenters. The topological polar surface area (TPSA) is 34.9 Å². The minimum atomic E-state index is 0.0219. The van der Waals surface area contributed by atoms with Gasteiger partial charge in [-0.1, -0.05) is 13.8 Å². The van der Waals surface area contributed by atoms with E-state index in [1.807, 2.05) is 13.8 Å². The van der Waals surface area contributed by atoms with Crippen LogP contribution in [0, 0.1) is 0 Å². The zero-order chi connectivity index (χ0) is 9.84. The first-order valence-electron chi connectivity index (χ1n) is 4.44. The van der Waals surface area contributed by atoms with Crippen molar-refractivity contribution >= 4 is 15.9 Å². The van der Waals surface area contributed by atoms with E-state index in [1.54, 1.807) is 10.9 Å². The van der Waals surface area contributed by atoms with Crippen molar-refractivity contribution < 1.29 is 0 Å². The van der Waals surface area contributed by atoms with E-state index >= 15 is 0 Å². The molecule has 0 unspecified atom stereocenters. The summed E-state index contributed by atoms with van der Waals surface area (Å²) >= 11 is 3.27. The Labute approximate surface area is 85.9 Å². The lowest BCUT2D eigenvalue weighted by Gasteiger charge is -2.05. The highest BCUT2D eigenvalue weighted by Crippen LogP contribution is 2.08. The Bertz CT molecular complexity index is 346. The monoisotopic (exact) mass is 244 g/mol. The van der Waals surface area contributed by atoms with E-state index in [4.69, 9.17) is 0 Å². The molecule has 1 rings (SSSR count). The molecule has 0 spiro atoms. The third-order valence-electron chi connectivity index (χ3n) is 1.85. The molecular formula is C9H13BrN2O. The van der Waals surface area contributed by atoms with Crippen molar-refractivity contribution in [2.24, 2.45) is 0 Å². The molecule has 0 N–H and O–H groups in total. The zero-order valence-corrected chi connectivity index (χ0v) is 9.47. The first-order valence-corrected chi connectivity index (χ1v) is 5.23. The molecule has 72 valence electrons. The average molecular weight is 245 g/mol. The lowest BCUT2D eigenvalue weighted by Crippen LogP contribution is -2.22. The molecule has 1 heterocycles. The van der Waals surface area contributed by atoms with Gasteiger partial charge in [0.05, 0.1) is 12.0 Å². The van der Waals surface area contributed by atoms with Crippen molar-refractivity contribution in [2.45, 2.75) is 33.2 Å². The van der Waals surface area contributed by atoms with Crippen LogP contribution in [0.3, 0.4) is 0 Å². The first-order chi connectivity index (χ1) is 6.20. The van der Waals surface area contributed by atoms with E-state index < -0.39 is 0 Å². The summed E-state index contributed by atoms with van der Waals surface area (Å²) in [5.74, 6) is 0. The number of nitrogens with zero attached hydrogens (tertiary/aromatic N) is 2. The van der Waals surface area contributed by atoms with Gasteiger partial charge in [0.2, 0.25) is 0 Å². The summed E-state index contributed by atoms with van der Waals surface area (Å²) in [5.41, 5.74) is 0.853. The Balaban J connectivity index is 3.16. The number of aromatic nitrogens is 2. The second kappa shape index (κ2) is 4.56. The van der Waals surface area contributed by atoms with Gasteiger partial charge in [-0.15, -0.1) is 0 Å². The summed E-state index contributed by atoms with van der Waals surface area (Å²) in [6.45, 7) is 4.75. The van der Waals surface area contributed by atoms with E-state index in [1.165, 1.54) is 0 Å². The molecule has 13 heavy (non-hydrogen) atoms. The van der Waals surface area contributed by atoms with Gasteiger partial charge in [0, 0.05) is 6.54 Å². The van der Waals surface area contributed by atoms with Crippen LogP contribution in [0.5, 0.6) is 0 Å². The third-order valence-corrected chi connectivity index (χ3v) is 2.65. The van der Waals surface area contributed by atoms with Gasteiger partial charge in [-0.05, 0) is 28.8 Å². The van der Waals surface area contributed by atoms with Crippen LogP contribution in [0.2, 0.25) is 0 Å². The van der Waals surface area contributed by atoms with E-state index in [0.29, 0.717) is 4.47 Å². The predicted molar refractivity (Wildman–Crippen MR) is 55.9 cm³/mol. The lowest BCUT2D eigenvalue weighted by atomic mass is 10.3. The molecule has 0 aromatic carbocycles. The van der Waals surface area contributed by atoms with Crippen LogP contribution in [-0.2, 0) is 13.0 Å². The summed E-state index contributed by atoms with van der Waals surface area (Å²) in [6, 6.07) is 0. The van der Waals surface area contributed by atoms with Crippen LogP contribution >= 0.6 is 15.9 Å². The van der Waals surface area contributed by atoms with Gasteiger partial charge in [-0.25, -0.2) is 4.98 Å². The van der Waals surface area contributed by atoms with E-state index in [0.717, 1.165) is 25.1 Å². The molecule has 0 aliphatic rings. The maximum Gasteiger partial charge on any atom is 0.267 e. The fourth-order valence-corrected chi connectivity index (χ4v) is 1.76. The molecule has 0 aliphatic carbocycles. The quantitative estimate of drug-likeness (QED) is 0.816. The first kappa shape index (κ1) is 10.4. The van der Waals surface area contributed by atoms with Crippen LogP contribution in [0.1, 0.15) is 26.0 Å². The van der Waals surface area contributed by atoms with Crippen LogP contribution in [-0.4, -0.2) is 9.55 Å². The van der Waals surface area contributed by atoms with Crippen molar-refractivity contribution in [3.8, 4) is 0 Å². The highest BCUT2D eigenvalue weighted by molar-refractivity contribution is 9.10. The highest BCUT2D eigenvalue weighted by Gasteiger charge is 2.05. The van der Waals surface area contributed by atoms with Crippen molar-refractivity contribution in [3.05, 3.63) is 26.8 Å². The van der Waals surface area contributed by atoms with Gasteiger partial charge in [-0.2, -0.15) is 0 Å². The van der Waals surface area contributed by atoms with Gasteiger partial charge < -0.3 is 0 Å². The Hall–Kier alpha value is -0.640. The van der Waals surface area contributed by atoms with Crippen LogP contribution in [0.15, 0.2) is 15.6 Å². The Kier molecular flexibility index (Phi) is 3.66. The van der Waals surface area contributed by atoms with E-state index in [9.17, 15) is 4.79 Å². The standard InChI is InChI=1S/C9H13BrN2O/c1-3-5-12-6-11-7(4-2)8(10)9(12)13/h6H,3-5H2,1-2H3. The number of rotatable bonds is 3. The SMILES string of the molecule is CCCn1cnc(CC)c(Br)c1=O. The maximum atomic E-state index is 11.6. The normalized spacial score (nSPS) is 10.4. The number of hydrogen-bond donors (Lipinski definition) is 0.